The molecule has 1 unspecified atom stereocenters. The van der Waals surface area contributed by atoms with Crippen molar-refractivity contribution in [3.8, 4) is 6.07 Å². The van der Waals surface area contributed by atoms with E-state index in [0.29, 0.717) is 31.8 Å². The van der Waals surface area contributed by atoms with Crippen LogP contribution >= 0.6 is 0 Å². The van der Waals surface area contributed by atoms with E-state index in [4.69, 9.17) is 15.1 Å². The van der Waals surface area contributed by atoms with Gasteiger partial charge >= 0.3 is 12.0 Å². The summed E-state index contributed by atoms with van der Waals surface area (Å²) >= 11 is 0. The number of hydrogen-bond acceptors (Lipinski definition) is 5. The van der Waals surface area contributed by atoms with Crippen LogP contribution in [0.25, 0.3) is 0 Å². The van der Waals surface area contributed by atoms with Crippen molar-refractivity contribution in [2.75, 3.05) is 32.8 Å². The monoisotopic (exact) mass is 386 g/mol. The summed E-state index contributed by atoms with van der Waals surface area (Å²) in [4.78, 5) is 27.2. The van der Waals surface area contributed by atoms with Crippen LogP contribution in [0.5, 0.6) is 0 Å². The summed E-state index contributed by atoms with van der Waals surface area (Å²) in [5, 5.41) is 21.1. The molecule has 1 atom stereocenters. The topological polar surface area (TPSA) is 106 Å². The predicted octanol–water partition coefficient (Wildman–Crippen LogP) is 1.58. The Labute approximate surface area is 164 Å². The van der Waals surface area contributed by atoms with Crippen molar-refractivity contribution in [2.24, 2.45) is 0 Å². The number of carboxylic acids is 1. The largest absolute Gasteiger partial charge is 0.480 e. The average Bonchev–Trinajstić information content (AvgIpc) is 2.68. The van der Waals surface area contributed by atoms with Crippen molar-refractivity contribution in [3.63, 3.8) is 0 Å². The lowest BCUT2D eigenvalue weighted by Crippen LogP contribution is -2.57. The summed E-state index contributed by atoms with van der Waals surface area (Å²) in [5.74, 6) is -0.825. The Morgan fingerprint density at radius 1 is 1.43 bits per heavy atom. The number of carboxylic acid groups (broad SMARTS) is 1. The van der Waals surface area contributed by atoms with Gasteiger partial charge in [0, 0.05) is 18.6 Å². The van der Waals surface area contributed by atoms with Gasteiger partial charge in [0.25, 0.3) is 0 Å². The quantitative estimate of drug-likeness (QED) is 0.769. The molecule has 150 valence electrons. The average molecular weight is 386 g/mol. The van der Waals surface area contributed by atoms with E-state index >= 15 is 0 Å². The molecule has 3 rings (SSSR count). The highest BCUT2D eigenvalue weighted by Gasteiger charge is 2.36. The minimum atomic E-state index is -0.825. The van der Waals surface area contributed by atoms with Crippen molar-refractivity contribution in [2.45, 2.75) is 38.0 Å². The second kappa shape index (κ2) is 9.04. The summed E-state index contributed by atoms with van der Waals surface area (Å²) in [6.07, 6.45) is 1.29. The molecule has 2 fully saturated rings. The Kier molecular flexibility index (Phi) is 6.49. The van der Waals surface area contributed by atoms with Crippen LogP contribution in [0.15, 0.2) is 24.3 Å². The zero-order valence-corrected chi connectivity index (χ0v) is 16.0. The van der Waals surface area contributed by atoms with Gasteiger partial charge in [-0.2, -0.15) is 5.26 Å². The maximum absolute atomic E-state index is 12.6. The predicted molar refractivity (Wildman–Crippen MR) is 102 cm³/mol. The van der Waals surface area contributed by atoms with E-state index < -0.39 is 5.97 Å². The van der Waals surface area contributed by atoms with Crippen LogP contribution in [0.1, 0.15) is 37.0 Å². The standard InChI is InChI=1S/C20H26N4O4/c1-2-23(13-19(25)26)17-9-16(10-17)22-20(27)24-6-7-28-18(12-24)15-5-3-4-14(8-15)11-21/h3-5,8,16-18H,2,6-7,9-10,12-13H2,1H3,(H,22,27)(H,25,26). The smallest absolute Gasteiger partial charge is 0.317 e. The summed E-state index contributed by atoms with van der Waals surface area (Å²) in [5.41, 5.74) is 1.47. The molecule has 8 heteroatoms. The minimum absolute atomic E-state index is 0.0364. The number of nitriles is 1. The van der Waals surface area contributed by atoms with Crippen LogP contribution in [0, 0.1) is 11.3 Å². The number of morpholine rings is 1. The molecule has 0 bridgehead atoms. The van der Waals surface area contributed by atoms with Gasteiger partial charge in [0.1, 0.15) is 6.10 Å². The molecule has 0 spiro atoms. The number of likely N-dealkylation sites (N-methyl/N-ethyl adjacent to an activating group) is 1. The maximum Gasteiger partial charge on any atom is 0.317 e. The van der Waals surface area contributed by atoms with E-state index in [1.807, 2.05) is 24.0 Å². The van der Waals surface area contributed by atoms with E-state index in [1.165, 1.54) is 0 Å². The van der Waals surface area contributed by atoms with Crippen LogP contribution in [-0.4, -0.2) is 71.8 Å². The molecular weight excluding hydrogens is 360 g/mol. The molecule has 1 saturated heterocycles. The number of ether oxygens (including phenoxy) is 1. The van der Waals surface area contributed by atoms with Gasteiger partial charge in [0.15, 0.2) is 0 Å². The Morgan fingerprint density at radius 2 is 2.21 bits per heavy atom. The Morgan fingerprint density at radius 3 is 2.89 bits per heavy atom. The number of rotatable bonds is 6. The molecule has 1 aliphatic heterocycles. The molecule has 1 heterocycles. The molecule has 2 amide bonds. The lowest BCUT2D eigenvalue weighted by Gasteiger charge is -2.43. The summed E-state index contributed by atoms with van der Waals surface area (Å²) in [6.45, 7) is 4.08. The van der Waals surface area contributed by atoms with Gasteiger partial charge < -0.3 is 20.1 Å². The minimum Gasteiger partial charge on any atom is -0.480 e. The molecule has 0 radical (unpaired) electrons. The second-order valence-corrected chi connectivity index (χ2v) is 7.27. The van der Waals surface area contributed by atoms with Gasteiger partial charge in [-0.15, -0.1) is 0 Å². The lowest BCUT2D eigenvalue weighted by atomic mass is 9.85. The summed E-state index contributed by atoms with van der Waals surface area (Å²) in [6, 6.07) is 9.55. The fraction of sp³-hybridized carbons (Fsp3) is 0.550. The Balaban J connectivity index is 1.50. The van der Waals surface area contributed by atoms with Crippen molar-refractivity contribution < 1.29 is 19.4 Å². The number of aliphatic carboxylic acids is 1. The van der Waals surface area contributed by atoms with Gasteiger partial charge in [0.2, 0.25) is 0 Å². The third-order valence-electron chi connectivity index (χ3n) is 5.44. The first-order valence-electron chi connectivity index (χ1n) is 9.63. The van der Waals surface area contributed by atoms with E-state index in [-0.39, 0.29) is 30.8 Å². The molecule has 2 N–H and O–H groups in total. The summed E-state index contributed by atoms with van der Waals surface area (Å²) < 4.78 is 5.80. The van der Waals surface area contributed by atoms with Crippen LogP contribution in [0.3, 0.4) is 0 Å². The van der Waals surface area contributed by atoms with Crippen LogP contribution in [-0.2, 0) is 9.53 Å². The molecule has 8 nitrogen and oxygen atoms in total. The molecule has 1 aromatic carbocycles. The molecule has 1 saturated carbocycles. The number of carbonyl (C=O) groups excluding carboxylic acids is 1. The van der Waals surface area contributed by atoms with Gasteiger partial charge in [-0.1, -0.05) is 19.1 Å². The number of amides is 2. The number of nitrogens with one attached hydrogen (secondary N) is 1. The number of carbonyl (C=O) groups is 2. The van der Waals surface area contributed by atoms with Crippen LogP contribution in [0.4, 0.5) is 4.79 Å². The fourth-order valence-corrected chi connectivity index (χ4v) is 3.79. The van der Waals surface area contributed by atoms with E-state index in [2.05, 4.69) is 11.4 Å². The first-order chi connectivity index (χ1) is 13.5. The fourth-order valence-electron chi connectivity index (χ4n) is 3.79. The SMILES string of the molecule is CCN(CC(=O)O)C1CC(NC(=O)N2CCOC(c3cccc(C#N)c3)C2)C1. The van der Waals surface area contributed by atoms with Gasteiger partial charge in [-0.3, -0.25) is 9.69 Å². The number of nitrogens with zero attached hydrogens (tertiary/aromatic N) is 3. The second-order valence-electron chi connectivity index (χ2n) is 7.27. The van der Waals surface area contributed by atoms with Crippen LogP contribution < -0.4 is 5.32 Å². The van der Waals surface area contributed by atoms with Gasteiger partial charge in [-0.25, -0.2) is 4.79 Å². The van der Waals surface area contributed by atoms with Gasteiger partial charge in [0.05, 0.1) is 31.3 Å². The van der Waals surface area contributed by atoms with E-state index in [1.54, 1.807) is 17.0 Å². The molecule has 2 aliphatic rings. The molecule has 1 aromatic rings. The van der Waals surface area contributed by atoms with E-state index in [9.17, 15) is 9.59 Å². The molecule has 1 aliphatic carbocycles. The first kappa shape index (κ1) is 20.1. The Bertz CT molecular complexity index is 757. The summed E-state index contributed by atoms with van der Waals surface area (Å²) in [7, 11) is 0. The number of urea groups is 1. The number of benzene rings is 1. The molecule has 28 heavy (non-hydrogen) atoms. The molecule has 0 aromatic heterocycles. The van der Waals surface area contributed by atoms with Crippen molar-refractivity contribution in [1.29, 1.82) is 5.26 Å². The van der Waals surface area contributed by atoms with Crippen molar-refractivity contribution in [1.82, 2.24) is 15.1 Å². The highest BCUT2D eigenvalue weighted by atomic mass is 16.5. The van der Waals surface area contributed by atoms with Crippen molar-refractivity contribution >= 4 is 12.0 Å². The molecular formula is C20H26N4O4. The zero-order valence-electron chi connectivity index (χ0n) is 16.0. The first-order valence-corrected chi connectivity index (χ1v) is 9.63. The highest BCUT2D eigenvalue weighted by molar-refractivity contribution is 5.75. The number of hydrogen-bond donors (Lipinski definition) is 2. The normalized spacial score (nSPS) is 24.3. The maximum atomic E-state index is 12.6. The lowest BCUT2D eigenvalue weighted by molar-refractivity contribution is -0.139. The Hall–Kier alpha value is -2.63. The van der Waals surface area contributed by atoms with E-state index in [0.717, 1.165) is 18.4 Å². The van der Waals surface area contributed by atoms with Crippen LogP contribution in [0.2, 0.25) is 0 Å². The van der Waals surface area contributed by atoms with Gasteiger partial charge in [-0.05, 0) is 37.1 Å². The highest BCUT2D eigenvalue weighted by Crippen LogP contribution is 2.27. The van der Waals surface area contributed by atoms with Crippen molar-refractivity contribution in [3.05, 3.63) is 35.4 Å². The zero-order chi connectivity index (χ0) is 20.1. The third-order valence-corrected chi connectivity index (χ3v) is 5.44. The third kappa shape index (κ3) is 4.80.